The van der Waals surface area contributed by atoms with Crippen molar-refractivity contribution in [1.82, 2.24) is 0 Å². The number of ether oxygens (including phenoxy) is 1. The number of rotatable bonds is 4. The summed E-state index contributed by atoms with van der Waals surface area (Å²) in [5, 5.41) is 0.909. The van der Waals surface area contributed by atoms with Gasteiger partial charge >= 0.3 is 0 Å². The Labute approximate surface area is 73.4 Å². The predicted octanol–water partition coefficient (Wildman–Crippen LogP) is 2.57. The van der Waals surface area contributed by atoms with E-state index in [4.69, 9.17) is 4.74 Å². The first-order chi connectivity index (χ1) is 4.16. The summed E-state index contributed by atoms with van der Waals surface area (Å²) in [5.74, 6) is 0. The summed E-state index contributed by atoms with van der Waals surface area (Å²) in [6.07, 6.45) is 0.324. The summed E-state index contributed by atoms with van der Waals surface area (Å²) in [6, 6.07) is 0. The van der Waals surface area contributed by atoms with Crippen LogP contribution in [-0.4, -0.2) is 22.9 Å². The van der Waals surface area contributed by atoms with Crippen molar-refractivity contribution in [2.45, 2.75) is 24.8 Å². The zero-order valence-electron chi connectivity index (χ0n) is 5.73. The van der Waals surface area contributed by atoms with E-state index >= 15 is 0 Å². The minimum Gasteiger partial charge on any atom is -0.376 e. The molecule has 0 aliphatic heterocycles. The average molecular weight is 260 g/mol. The van der Waals surface area contributed by atoms with E-state index in [-0.39, 0.29) is 0 Å². The second-order valence-electron chi connectivity index (χ2n) is 2.08. The van der Waals surface area contributed by atoms with Gasteiger partial charge in [-0.2, -0.15) is 0 Å². The van der Waals surface area contributed by atoms with E-state index < -0.39 is 0 Å². The minimum atomic E-state index is 0.324. The fourth-order valence-electron chi connectivity index (χ4n) is 0.341. The van der Waals surface area contributed by atoms with Gasteiger partial charge in [-0.05, 0) is 6.92 Å². The smallest absolute Gasteiger partial charge is 0.0644 e. The van der Waals surface area contributed by atoms with Crippen LogP contribution in [0.3, 0.4) is 0 Å². The molecule has 0 spiro atoms. The normalized spacial score (nSPS) is 17.3. The highest BCUT2D eigenvalue weighted by Gasteiger charge is 2.00. The Morgan fingerprint density at radius 2 is 2.00 bits per heavy atom. The molecule has 56 valence electrons. The molecule has 3 heteroatoms. The molecule has 0 aromatic heterocycles. The van der Waals surface area contributed by atoms with Crippen LogP contribution >= 0.6 is 31.9 Å². The van der Waals surface area contributed by atoms with Crippen molar-refractivity contribution in [3.8, 4) is 0 Å². The summed E-state index contributed by atoms with van der Waals surface area (Å²) >= 11 is 6.72. The molecule has 0 saturated carbocycles. The first-order valence-corrected chi connectivity index (χ1v) is 5.02. The molecular weight excluding hydrogens is 248 g/mol. The van der Waals surface area contributed by atoms with Gasteiger partial charge in [0.05, 0.1) is 12.7 Å². The lowest BCUT2D eigenvalue weighted by Crippen LogP contribution is -2.14. The van der Waals surface area contributed by atoms with E-state index in [0.29, 0.717) is 10.9 Å². The zero-order valence-corrected chi connectivity index (χ0v) is 8.91. The van der Waals surface area contributed by atoms with Crippen LogP contribution in [-0.2, 0) is 4.74 Å². The van der Waals surface area contributed by atoms with Gasteiger partial charge in [0.1, 0.15) is 0 Å². The van der Waals surface area contributed by atoms with Crippen LogP contribution in [0.2, 0.25) is 0 Å². The summed E-state index contributed by atoms with van der Waals surface area (Å²) in [4.78, 5) is 0.457. The van der Waals surface area contributed by atoms with Crippen LogP contribution in [0.15, 0.2) is 0 Å². The van der Waals surface area contributed by atoms with Gasteiger partial charge in [0, 0.05) is 10.2 Å². The van der Waals surface area contributed by atoms with Crippen molar-refractivity contribution >= 4 is 31.9 Å². The molecular formula is C6H12Br2O. The molecule has 0 bridgehead atoms. The molecule has 0 fully saturated rings. The standard InChI is InChI=1S/C6H12Br2O/c1-5(8)4-9-6(2)3-7/h5-6H,3-4H2,1-2H3. The average Bonchev–Trinajstić information content (AvgIpc) is 1.83. The molecule has 0 aromatic carbocycles. The van der Waals surface area contributed by atoms with Gasteiger partial charge in [-0.3, -0.25) is 0 Å². The molecule has 0 aliphatic rings. The highest BCUT2D eigenvalue weighted by Crippen LogP contribution is 2.01. The number of halogens is 2. The zero-order chi connectivity index (χ0) is 7.28. The highest BCUT2D eigenvalue weighted by molar-refractivity contribution is 9.09. The third kappa shape index (κ3) is 6.81. The van der Waals surface area contributed by atoms with Crippen molar-refractivity contribution in [3.05, 3.63) is 0 Å². The van der Waals surface area contributed by atoms with Gasteiger partial charge in [-0.15, -0.1) is 0 Å². The summed E-state index contributed by atoms with van der Waals surface area (Å²) in [7, 11) is 0. The molecule has 2 atom stereocenters. The third-order valence-electron chi connectivity index (χ3n) is 0.828. The monoisotopic (exact) mass is 258 g/mol. The molecule has 0 aliphatic carbocycles. The van der Waals surface area contributed by atoms with E-state index in [2.05, 4.69) is 38.8 Å². The van der Waals surface area contributed by atoms with Gasteiger partial charge in [0.2, 0.25) is 0 Å². The van der Waals surface area contributed by atoms with Gasteiger partial charge in [-0.1, -0.05) is 38.8 Å². The van der Waals surface area contributed by atoms with E-state index in [0.717, 1.165) is 11.9 Å². The Hall–Kier alpha value is 0.920. The van der Waals surface area contributed by atoms with Gasteiger partial charge < -0.3 is 4.74 Å². The van der Waals surface area contributed by atoms with Crippen molar-refractivity contribution in [2.24, 2.45) is 0 Å². The number of hydrogen-bond donors (Lipinski definition) is 0. The highest BCUT2D eigenvalue weighted by atomic mass is 79.9. The van der Waals surface area contributed by atoms with Crippen LogP contribution in [0.25, 0.3) is 0 Å². The van der Waals surface area contributed by atoms with Gasteiger partial charge in [0.25, 0.3) is 0 Å². The molecule has 1 nitrogen and oxygen atoms in total. The summed E-state index contributed by atoms with van der Waals surface area (Å²) in [6.45, 7) is 4.90. The molecule has 0 aromatic rings. The first kappa shape index (κ1) is 9.92. The summed E-state index contributed by atoms with van der Waals surface area (Å²) in [5.41, 5.74) is 0. The van der Waals surface area contributed by atoms with Gasteiger partial charge in [-0.25, -0.2) is 0 Å². The largest absolute Gasteiger partial charge is 0.376 e. The van der Waals surface area contributed by atoms with Crippen molar-refractivity contribution in [3.63, 3.8) is 0 Å². The second kappa shape index (κ2) is 5.69. The molecule has 0 amide bonds. The Morgan fingerprint density at radius 1 is 1.44 bits per heavy atom. The molecule has 0 radical (unpaired) electrons. The van der Waals surface area contributed by atoms with Crippen LogP contribution < -0.4 is 0 Å². The first-order valence-electron chi connectivity index (χ1n) is 2.98. The fraction of sp³-hybridized carbons (Fsp3) is 1.00. The van der Waals surface area contributed by atoms with E-state index in [1.807, 2.05) is 6.92 Å². The minimum absolute atomic E-state index is 0.324. The third-order valence-corrected chi connectivity index (χ3v) is 2.00. The maximum atomic E-state index is 5.36. The maximum Gasteiger partial charge on any atom is 0.0644 e. The Bertz CT molecular complexity index is 66.1. The molecule has 9 heavy (non-hydrogen) atoms. The van der Waals surface area contributed by atoms with Crippen molar-refractivity contribution in [1.29, 1.82) is 0 Å². The quantitative estimate of drug-likeness (QED) is 0.706. The van der Waals surface area contributed by atoms with Crippen molar-refractivity contribution < 1.29 is 4.74 Å². The van der Waals surface area contributed by atoms with E-state index in [9.17, 15) is 0 Å². The number of hydrogen-bond acceptors (Lipinski definition) is 1. The van der Waals surface area contributed by atoms with E-state index in [1.165, 1.54) is 0 Å². The lowest BCUT2D eigenvalue weighted by Gasteiger charge is -2.10. The molecule has 0 heterocycles. The molecule has 0 rings (SSSR count). The molecule has 0 N–H and O–H groups in total. The SMILES string of the molecule is CC(Br)COC(C)CBr. The topological polar surface area (TPSA) is 9.23 Å². The van der Waals surface area contributed by atoms with Crippen LogP contribution in [0.4, 0.5) is 0 Å². The van der Waals surface area contributed by atoms with E-state index in [1.54, 1.807) is 0 Å². The Balaban J connectivity index is 3.06. The molecule has 0 saturated heterocycles. The molecule has 2 unspecified atom stereocenters. The summed E-state index contributed by atoms with van der Waals surface area (Å²) < 4.78 is 5.36. The van der Waals surface area contributed by atoms with Gasteiger partial charge in [0.15, 0.2) is 0 Å². The van der Waals surface area contributed by atoms with Crippen LogP contribution in [0, 0.1) is 0 Å². The Morgan fingerprint density at radius 3 is 2.33 bits per heavy atom. The van der Waals surface area contributed by atoms with Crippen molar-refractivity contribution in [2.75, 3.05) is 11.9 Å². The number of alkyl halides is 2. The fourth-order valence-corrected chi connectivity index (χ4v) is 0.681. The van der Waals surface area contributed by atoms with Crippen LogP contribution in [0.5, 0.6) is 0 Å². The lowest BCUT2D eigenvalue weighted by atomic mass is 10.4. The lowest BCUT2D eigenvalue weighted by molar-refractivity contribution is 0.0867. The predicted molar refractivity (Wildman–Crippen MR) is 47.6 cm³/mol. The Kier molecular flexibility index (Phi) is 6.27. The van der Waals surface area contributed by atoms with Crippen LogP contribution in [0.1, 0.15) is 13.8 Å². The second-order valence-corrected chi connectivity index (χ2v) is 4.29. The maximum absolute atomic E-state index is 5.36.